The molecule has 0 aromatic heterocycles. The van der Waals surface area contributed by atoms with Crippen molar-refractivity contribution in [2.75, 3.05) is 13.1 Å². The molecule has 10 heteroatoms. The van der Waals surface area contributed by atoms with Gasteiger partial charge in [0.1, 0.15) is 6.54 Å². The van der Waals surface area contributed by atoms with Crippen molar-refractivity contribution in [3.63, 3.8) is 0 Å². The first-order valence-corrected chi connectivity index (χ1v) is 4.04. The highest BCUT2D eigenvalue weighted by atomic mass is 19.4. The summed E-state index contributed by atoms with van der Waals surface area (Å²) < 4.78 is 60.5. The minimum atomic E-state index is -4.87. The average Bonchev–Trinajstić information content (AvgIpc) is 2.21. The maximum Gasteiger partial charge on any atom is 0.405 e. The summed E-state index contributed by atoms with van der Waals surface area (Å²) in [5.41, 5.74) is 0. The molecule has 0 bridgehead atoms. The first-order valence-electron chi connectivity index (χ1n) is 4.04. The van der Waals surface area contributed by atoms with Gasteiger partial charge in [0.2, 0.25) is 12.2 Å². The average molecular weight is 262 g/mol. The Morgan fingerprint density at radius 2 is 1.65 bits per heavy atom. The van der Waals surface area contributed by atoms with Crippen LogP contribution in [0.3, 0.4) is 0 Å². The van der Waals surface area contributed by atoms with Crippen molar-refractivity contribution in [2.24, 2.45) is 0 Å². The molecule has 17 heavy (non-hydrogen) atoms. The summed E-state index contributed by atoms with van der Waals surface area (Å²) in [6.45, 7) is -3.13. The Bertz CT molecular complexity index is 315. The second-order valence-corrected chi connectivity index (χ2v) is 2.79. The maximum absolute atomic E-state index is 12.8. The van der Waals surface area contributed by atoms with E-state index in [4.69, 9.17) is 0 Å². The van der Waals surface area contributed by atoms with Gasteiger partial charge in [0, 0.05) is 0 Å². The zero-order valence-electron chi connectivity index (χ0n) is 8.11. The molecular formula is C7H7F5N2O3. The monoisotopic (exact) mass is 262 g/mol. The van der Waals surface area contributed by atoms with Gasteiger partial charge < -0.3 is 10.6 Å². The molecule has 0 aliphatic heterocycles. The van der Waals surface area contributed by atoms with Crippen LogP contribution >= 0.6 is 0 Å². The Balaban J connectivity index is 4.43. The van der Waals surface area contributed by atoms with Crippen molar-refractivity contribution in [3.05, 3.63) is 0 Å². The van der Waals surface area contributed by atoms with E-state index in [1.165, 1.54) is 0 Å². The maximum atomic E-state index is 12.8. The summed E-state index contributed by atoms with van der Waals surface area (Å²) >= 11 is 0. The second-order valence-electron chi connectivity index (χ2n) is 2.79. The Morgan fingerprint density at radius 3 is 2.06 bits per heavy atom. The van der Waals surface area contributed by atoms with Gasteiger partial charge in [0.15, 0.2) is 0 Å². The van der Waals surface area contributed by atoms with Gasteiger partial charge in [0.05, 0.1) is 6.54 Å². The minimum absolute atomic E-state index is 0.0679. The molecule has 0 fully saturated rings. The van der Waals surface area contributed by atoms with Crippen LogP contribution < -0.4 is 10.6 Å². The SMILES string of the molecule is O=CNCC(=O)C(F)(F)C(=O)NCC(F)(F)F. The number of rotatable bonds is 6. The normalized spacial score (nSPS) is 11.8. The smallest absolute Gasteiger partial charge is 0.351 e. The van der Waals surface area contributed by atoms with Gasteiger partial charge in [-0.25, -0.2) is 0 Å². The van der Waals surface area contributed by atoms with Crippen LogP contribution in [0.5, 0.6) is 0 Å². The lowest BCUT2D eigenvalue weighted by molar-refractivity contribution is -0.163. The van der Waals surface area contributed by atoms with Crippen molar-refractivity contribution in [1.82, 2.24) is 10.6 Å². The predicted octanol–water partition coefficient (Wildman–Crippen LogP) is -0.385. The van der Waals surface area contributed by atoms with Crippen LogP contribution in [-0.2, 0) is 14.4 Å². The minimum Gasteiger partial charge on any atom is -0.351 e. The zero-order valence-corrected chi connectivity index (χ0v) is 8.11. The van der Waals surface area contributed by atoms with Gasteiger partial charge in [-0.15, -0.1) is 0 Å². The number of hydrogen-bond donors (Lipinski definition) is 2. The quantitative estimate of drug-likeness (QED) is 0.389. The summed E-state index contributed by atoms with van der Waals surface area (Å²) in [6, 6.07) is 0. The number of nitrogens with one attached hydrogen (secondary N) is 2. The number of ketones is 1. The molecule has 0 aromatic carbocycles. The van der Waals surface area contributed by atoms with Crippen molar-refractivity contribution in [2.45, 2.75) is 12.1 Å². The highest BCUT2D eigenvalue weighted by molar-refractivity contribution is 6.08. The highest BCUT2D eigenvalue weighted by Gasteiger charge is 2.47. The fraction of sp³-hybridized carbons (Fsp3) is 0.571. The van der Waals surface area contributed by atoms with Gasteiger partial charge in [-0.3, -0.25) is 14.4 Å². The Morgan fingerprint density at radius 1 is 1.12 bits per heavy atom. The Kier molecular flexibility index (Phi) is 4.98. The molecule has 98 valence electrons. The van der Waals surface area contributed by atoms with Crippen LogP contribution in [0, 0.1) is 0 Å². The number of hydrogen-bond acceptors (Lipinski definition) is 3. The lowest BCUT2D eigenvalue weighted by atomic mass is 10.2. The van der Waals surface area contributed by atoms with Crippen molar-refractivity contribution >= 4 is 18.1 Å². The predicted molar refractivity (Wildman–Crippen MR) is 43.1 cm³/mol. The number of amides is 2. The molecule has 0 aromatic rings. The largest absolute Gasteiger partial charge is 0.405 e. The third-order valence-corrected chi connectivity index (χ3v) is 1.43. The van der Waals surface area contributed by atoms with Crippen molar-refractivity contribution in [3.8, 4) is 0 Å². The van der Waals surface area contributed by atoms with E-state index >= 15 is 0 Å². The molecule has 0 atom stereocenters. The molecule has 0 aliphatic rings. The molecule has 2 N–H and O–H groups in total. The first-order chi connectivity index (χ1) is 7.61. The van der Waals surface area contributed by atoms with Crippen LogP contribution in [0.15, 0.2) is 0 Å². The van der Waals surface area contributed by atoms with Gasteiger partial charge in [-0.05, 0) is 0 Å². The molecule has 0 saturated carbocycles. The van der Waals surface area contributed by atoms with Crippen LogP contribution in [0.25, 0.3) is 0 Å². The lowest BCUT2D eigenvalue weighted by Gasteiger charge is -2.15. The van der Waals surface area contributed by atoms with Gasteiger partial charge in [-0.1, -0.05) is 0 Å². The van der Waals surface area contributed by atoms with Gasteiger partial charge in [-0.2, -0.15) is 22.0 Å². The lowest BCUT2D eigenvalue weighted by Crippen LogP contribution is -2.50. The summed E-state index contributed by atoms with van der Waals surface area (Å²) in [6.07, 6.45) is -4.93. The van der Waals surface area contributed by atoms with Crippen LogP contribution in [0.4, 0.5) is 22.0 Å². The first kappa shape index (κ1) is 15.3. The molecule has 0 saturated heterocycles. The Hall–Kier alpha value is -1.74. The summed E-state index contributed by atoms with van der Waals surface area (Å²) in [5.74, 6) is -9.00. The topological polar surface area (TPSA) is 75.3 Å². The summed E-state index contributed by atoms with van der Waals surface area (Å²) in [4.78, 5) is 31.0. The van der Waals surface area contributed by atoms with Gasteiger partial charge >= 0.3 is 12.1 Å². The molecule has 0 unspecified atom stereocenters. The summed E-state index contributed by atoms with van der Waals surface area (Å²) in [7, 11) is 0. The molecule has 2 amide bonds. The Labute approximate surface area is 91.3 Å². The number of halogens is 5. The molecule has 5 nitrogen and oxygen atoms in total. The van der Waals surface area contributed by atoms with Crippen LogP contribution in [-0.4, -0.2) is 43.3 Å². The molecule has 0 aliphatic carbocycles. The number of carbonyl (C=O) groups is 3. The van der Waals surface area contributed by atoms with Crippen LogP contribution in [0.1, 0.15) is 0 Å². The van der Waals surface area contributed by atoms with E-state index in [1.54, 1.807) is 5.32 Å². The van der Waals surface area contributed by atoms with Crippen molar-refractivity contribution < 1.29 is 36.3 Å². The highest BCUT2D eigenvalue weighted by Crippen LogP contribution is 2.17. The number of carbonyl (C=O) groups excluding carboxylic acids is 3. The van der Waals surface area contributed by atoms with Gasteiger partial charge in [0.25, 0.3) is 5.91 Å². The number of alkyl halides is 5. The number of Topliss-reactive ketones (excluding diaryl/α,β-unsaturated/α-hetero) is 1. The standard InChI is InChI=1S/C7H7F5N2O3/c8-6(9,10)2-14-5(17)7(11,12)4(16)1-13-3-15/h3H,1-2H2,(H,13,15)(H,14,17). The van der Waals surface area contributed by atoms with E-state index in [2.05, 4.69) is 0 Å². The zero-order chi connectivity index (χ0) is 13.7. The van der Waals surface area contributed by atoms with E-state index in [0.717, 1.165) is 5.32 Å². The third kappa shape index (κ3) is 5.22. The van der Waals surface area contributed by atoms with E-state index in [1.807, 2.05) is 0 Å². The van der Waals surface area contributed by atoms with E-state index < -0.39 is 36.9 Å². The third-order valence-electron chi connectivity index (χ3n) is 1.43. The molecule has 0 spiro atoms. The second kappa shape index (κ2) is 5.55. The fourth-order valence-corrected chi connectivity index (χ4v) is 0.664. The fourth-order valence-electron chi connectivity index (χ4n) is 0.664. The molecule has 0 heterocycles. The van der Waals surface area contributed by atoms with E-state index in [9.17, 15) is 36.3 Å². The summed E-state index contributed by atoms with van der Waals surface area (Å²) in [5, 5.41) is 2.44. The molecular weight excluding hydrogens is 255 g/mol. The van der Waals surface area contributed by atoms with Crippen molar-refractivity contribution in [1.29, 1.82) is 0 Å². The van der Waals surface area contributed by atoms with E-state index in [-0.39, 0.29) is 6.41 Å². The molecule has 0 rings (SSSR count). The molecule has 0 radical (unpaired) electrons. The van der Waals surface area contributed by atoms with E-state index in [0.29, 0.717) is 0 Å². The van der Waals surface area contributed by atoms with Crippen LogP contribution in [0.2, 0.25) is 0 Å².